The van der Waals surface area contributed by atoms with E-state index in [2.05, 4.69) is 5.32 Å². The molecule has 3 nitrogen and oxygen atoms in total. The highest BCUT2D eigenvalue weighted by Crippen LogP contribution is 2.22. The molecular weight excluding hydrogens is 152 g/mol. The smallest absolute Gasteiger partial charge is 0.171 e. The van der Waals surface area contributed by atoms with Crippen LogP contribution in [0.15, 0.2) is 24.2 Å². The molecule has 0 saturated heterocycles. The summed E-state index contributed by atoms with van der Waals surface area (Å²) in [5.74, 6) is 0.511. The molecule has 56 valence electrons. The highest BCUT2D eigenvalue weighted by Gasteiger charge is 2.26. The minimum absolute atomic E-state index is 0.511. The zero-order valence-corrected chi connectivity index (χ0v) is 6.35. The number of nitrogens with two attached hydrogens (primary N) is 1. The number of methoxy groups -OCH3 is 1. The average Bonchev–Trinajstić information content (AvgIpc) is 1.87. The van der Waals surface area contributed by atoms with E-state index in [0.717, 1.165) is 0 Å². The second-order valence-corrected chi connectivity index (χ2v) is 2.61. The van der Waals surface area contributed by atoms with Crippen LogP contribution in [0.25, 0.3) is 0 Å². The van der Waals surface area contributed by atoms with E-state index in [-0.39, 0.29) is 0 Å². The highest BCUT2D eigenvalue weighted by atomic mass is 35.5. The second kappa shape index (κ2) is 2.52. The van der Waals surface area contributed by atoms with Crippen molar-refractivity contribution in [2.24, 2.45) is 5.73 Å². The summed E-state index contributed by atoms with van der Waals surface area (Å²) in [6.07, 6.45) is 4.90. The van der Waals surface area contributed by atoms with Gasteiger partial charge in [0.05, 0.1) is 7.11 Å². The number of halogens is 1. The zero-order chi connectivity index (χ0) is 7.61. The van der Waals surface area contributed by atoms with Gasteiger partial charge < -0.3 is 15.8 Å². The van der Waals surface area contributed by atoms with E-state index in [1.807, 2.05) is 0 Å². The van der Waals surface area contributed by atoms with Crippen LogP contribution in [0, 0.1) is 0 Å². The van der Waals surface area contributed by atoms with E-state index < -0.39 is 5.00 Å². The van der Waals surface area contributed by atoms with Crippen molar-refractivity contribution in [3.05, 3.63) is 24.2 Å². The Morgan fingerprint density at radius 3 is 2.90 bits per heavy atom. The standard InChI is InChI=1S/C6H9ClN2O/c1-10-5-4-9-3-2-6(5,7)8/h2-4,9H,8H2,1H3. The van der Waals surface area contributed by atoms with Gasteiger partial charge in [0, 0.05) is 12.4 Å². The normalized spacial score (nSPS) is 30.9. The number of hydrogen-bond acceptors (Lipinski definition) is 3. The fourth-order valence-corrected chi connectivity index (χ4v) is 0.896. The molecule has 0 aliphatic carbocycles. The van der Waals surface area contributed by atoms with Gasteiger partial charge in [-0.1, -0.05) is 11.6 Å². The quantitative estimate of drug-likeness (QED) is 0.434. The molecule has 1 rings (SSSR count). The summed E-state index contributed by atoms with van der Waals surface area (Å²) in [5.41, 5.74) is 5.58. The van der Waals surface area contributed by atoms with Gasteiger partial charge in [0.25, 0.3) is 0 Å². The molecule has 0 saturated carbocycles. The summed E-state index contributed by atoms with van der Waals surface area (Å²) in [6, 6.07) is 0. The molecule has 1 aliphatic rings. The van der Waals surface area contributed by atoms with E-state index in [0.29, 0.717) is 5.76 Å². The summed E-state index contributed by atoms with van der Waals surface area (Å²) in [6.45, 7) is 0. The van der Waals surface area contributed by atoms with E-state index in [4.69, 9.17) is 22.1 Å². The minimum Gasteiger partial charge on any atom is -0.496 e. The van der Waals surface area contributed by atoms with Crippen molar-refractivity contribution in [1.82, 2.24) is 5.32 Å². The van der Waals surface area contributed by atoms with Crippen LogP contribution in [0.2, 0.25) is 0 Å². The molecule has 0 fully saturated rings. The Balaban J connectivity index is 2.80. The molecule has 0 aromatic rings. The van der Waals surface area contributed by atoms with Gasteiger partial charge in [0.1, 0.15) is 0 Å². The molecule has 4 heteroatoms. The fraction of sp³-hybridized carbons (Fsp3) is 0.333. The van der Waals surface area contributed by atoms with Gasteiger partial charge in [-0.3, -0.25) is 0 Å². The lowest BCUT2D eigenvalue weighted by Gasteiger charge is -2.22. The SMILES string of the molecule is COC1=CNC=CC1(N)Cl. The lowest BCUT2D eigenvalue weighted by Crippen LogP contribution is -2.36. The van der Waals surface area contributed by atoms with Crippen molar-refractivity contribution >= 4 is 11.6 Å². The van der Waals surface area contributed by atoms with E-state index in [9.17, 15) is 0 Å². The van der Waals surface area contributed by atoms with Gasteiger partial charge in [-0.25, -0.2) is 0 Å². The third kappa shape index (κ3) is 1.25. The average molecular weight is 161 g/mol. The second-order valence-electron chi connectivity index (χ2n) is 1.98. The van der Waals surface area contributed by atoms with E-state index in [1.165, 1.54) is 7.11 Å². The Hall–Kier alpha value is -0.670. The van der Waals surface area contributed by atoms with Crippen LogP contribution in [-0.4, -0.2) is 12.1 Å². The number of rotatable bonds is 1. The summed E-state index contributed by atoms with van der Waals surface area (Å²) >= 11 is 5.80. The third-order valence-electron chi connectivity index (χ3n) is 1.23. The summed E-state index contributed by atoms with van der Waals surface area (Å²) in [4.78, 5) is -0.986. The summed E-state index contributed by atoms with van der Waals surface area (Å²) in [5, 5.41) is 2.81. The number of ether oxygens (including phenoxy) is 1. The number of alkyl halides is 1. The first-order valence-corrected chi connectivity index (χ1v) is 3.21. The summed E-state index contributed by atoms with van der Waals surface area (Å²) in [7, 11) is 1.52. The van der Waals surface area contributed by atoms with Gasteiger partial charge in [0.2, 0.25) is 0 Å². The molecule has 1 atom stereocenters. The molecule has 0 aromatic carbocycles. The molecule has 0 bridgehead atoms. The van der Waals surface area contributed by atoms with Crippen LogP contribution in [0.1, 0.15) is 0 Å². The largest absolute Gasteiger partial charge is 0.496 e. The number of nitrogens with one attached hydrogen (secondary N) is 1. The monoisotopic (exact) mass is 160 g/mol. The Morgan fingerprint density at radius 1 is 1.80 bits per heavy atom. The van der Waals surface area contributed by atoms with Gasteiger partial charge >= 0.3 is 0 Å². The lowest BCUT2D eigenvalue weighted by atomic mass is 10.2. The predicted octanol–water partition coefficient (Wildman–Crippen LogP) is 0.485. The third-order valence-corrected chi connectivity index (χ3v) is 1.55. The van der Waals surface area contributed by atoms with Crippen molar-refractivity contribution in [3.8, 4) is 0 Å². The molecular formula is C6H9ClN2O. The Bertz CT molecular complexity index is 186. The maximum Gasteiger partial charge on any atom is 0.171 e. The first-order valence-electron chi connectivity index (χ1n) is 2.83. The van der Waals surface area contributed by atoms with Crippen LogP contribution < -0.4 is 11.1 Å². The Labute approximate surface area is 64.5 Å². The molecule has 1 unspecified atom stereocenters. The Kier molecular flexibility index (Phi) is 1.87. The topological polar surface area (TPSA) is 47.3 Å². The molecule has 10 heavy (non-hydrogen) atoms. The maximum atomic E-state index is 5.80. The van der Waals surface area contributed by atoms with Crippen molar-refractivity contribution in [2.75, 3.05) is 7.11 Å². The highest BCUT2D eigenvalue weighted by molar-refractivity contribution is 6.26. The van der Waals surface area contributed by atoms with Crippen LogP contribution >= 0.6 is 11.6 Å². The number of dihydropyridines is 1. The van der Waals surface area contributed by atoms with Crippen LogP contribution in [0.4, 0.5) is 0 Å². The van der Waals surface area contributed by atoms with Gasteiger partial charge in [-0.15, -0.1) is 0 Å². The van der Waals surface area contributed by atoms with E-state index >= 15 is 0 Å². The van der Waals surface area contributed by atoms with Crippen LogP contribution in [0.5, 0.6) is 0 Å². The van der Waals surface area contributed by atoms with Crippen LogP contribution in [0.3, 0.4) is 0 Å². The van der Waals surface area contributed by atoms with Crippen molar-refractivity contribution in [2.45, 2.75) is 5.00 Å². The first-order chi connectivity index (χ1) is 4.67. The molecule has 0 spiro atoms. The van der Waals surface area contributed by atoms with E-state index in [1.54, 1.807) is 18.5 Å². The van der Waals surface area contributed by atoms with Gasteiger partial charge in [0.15, 0.2) is 10.8 Å². The molecule has 1 aliphatic heterocycles. The molecule has 1 heterocycles. The zero-order valence-electron chi connectivity index (χ0n) is 5.60. The van der Waals surface area contributed by atoms with Crippen LogP contribution in [-0.2, 0) is 4.74 Å². The maximum absolute atomic E-state index is 5.80. The van der Waals surface area contributed by atoms with Gasteiger partial charge in [-0.2, -0.15) is 0 Å². The predicted molar refractivity (Wildman–Crippen MR) is 40.1 cm³/mol. The minimum atomic E-state index is -0.986. The van der Waals surface area contributed by atoms with Crippen molar-refractivity contribution in [3.63, 3.8) is 0 Å². The first kappa shape index (κ1) is 7.44. The van der Waals surface area contributed by atoms with Gasteiger partial charge in [-0.05, 0) is 6.08 Å². The van der Waals surface area contributed by atoms with Crippen molar-refractivity contribution in [1.29, 1.82) is 0 Å². The fourth-order valence-electron chi connectivity index (χ4n) is 0.701. The number of hydrogen-bond donors (Lipinski definition) is 2. The summed E-state index contributed by atoms with van der Waals surface area (Å²) < 4.78 is 4.90. The molecule has 3 N–H and O–H groups in total. The Morgan fingerprint density at radius 2 is 2.50 bits per heavy atom. The van der Waals surface area contributed by atoms with Crippen molar-refractivity contribution < 1.29 is 4.74 Å². The lowest BCUT2D eigenvalue weighted by molar-refractivity contribution is 0.261. The molecule has 0 radical (unpaired) electrons. The molecule has 0 aromatic heterocycles. The molecule has 0 amide bonds.